The summed E-state index contributed by atoms with van der Waals surface area (Å²) in [6.45, 7) is 2.01. The fourth-order valence-electron chi connectivity index (χ4n) is 4.72. The van der Waals surface area contributed by atoms with E-state index in [-0.39, 0.29) is 17.4 Å². The zero-order chi connectivity index (χ0) is 20.0. The summed E-state index contributed by atoms with van der Waals surface area (Å²) in [5.74, 6) is 0.572. The van der Waals surface area contributed by atoms with Crippen LogP contribution in [-0.4, -0.2) is 28.5 Å². The van der Waals surface area contributed by atoms with Crippen LogP contribution < -0.4 is 5.56 Å². The summed E-state index contributed by atoms with van der Waals surface area (Å²) in [6.07, 6.45) is 1.03. The molecule has 1 saturated heterocycles. The summed E-state index contributed by atoms with van der Waals surface area (Å²) in [7, 11) is 0. The van der Waals surface area contributed by atoms with Crippen LogP contribution in [0, 0.1) is 5.92 Å². The first kappa shape index (κ1) is 18.2. The van der Waals surface area contributed by atoms with E-state index in [2.05, 4.69) is 6.07 Å². The van der Waals surface area contributed by atoms with E-state index in [1.807, 2.05) is 70.1 Å². The van der Waals surface area contributed by atoms with E-state index >= 15 is 0 Å². The number of fused-ring (bicyclic) bond motifs is 4. The zero-order valence-corrected chi connectivity index (χ0v) is 16.7. The predicted molar refractivity (Wildman–Crippen MR) is 114 cm³/mol. The van der Waals surface area contributed by atoms with Crippen molar-refractivity contribution in [2.45, 2.75) is 18.9 Å². The second kappa shape index (κ2) is 7.20. The quantitative estimate of drug-likeness (QED) is 0.634. The molecule has 1 amide bonds. The number of carbonyl (C=O) groups is 1. The predicted octanol–water partition coefficient (Wildman–Crippen LogP) is 4.43. The Hall–Kier alpha value is -2.85. The molecule has 2 aliphatic heterocycles. The lowest BCUT2D eigenvalue weighted by molar-refractivity contribution is 0.0594. The SMILES string of the molecule is O=C(c1ccccc1)N1C[C@H]2C[C@H](C1)c1ccc(-c3ccc(Cl)cc3)c(=O)n1C2. The van der Waals surface area contributed by atoms with Gasteiger partial charge in [0.1, 0.15) is 0 Å². The number of benzene rings is 2. The van der Waals surface area contributed by atoms with E-state index in [0.29, 0.717) is 36.1 Å². The molecular formula is C24H21ClN2O2. The van der Waals surface area contributed by atoms with Gasteiger partial charge in [-0.05, 0) is 54.3 Å². The molecule has 0 spiro atoms. The Bertz CT molecular complexity index is 1120. The zero-order valence-electron chi connectivity index (χ0n) is 15.9. The summed E-state index contributed by atoms with van der Waals surface area (Å²) in [4.78, 5) is 28.1. The molecule has 146 valence electrons. The van der Waals surface area contributed by atoms with Crippen molar-refractivity contribution in [2.24, 2.45) is 5.92 Å². The summed E-state index contributed by atoms with van der Waals surface area (Å²) < 4.78 is 1.92. The van der Waals surface area contributed by atoms with E-state index in [9.17, 15) is 9.59 Å². The van der Waals surface area contributed by atoms with Gasteiger partial charge < -0.3 is 9.47 Å². The molecule has 0 saturated carbocycles. The number of rotatable bonds is 2. The minimum Gasteiger partial charge on any atom is -0.338 e. The molecule has 3 heterocycles. The van der Waals surface area contributed by atoms with Crippen LogP contribution in [0.5, 0.6) is 0 Å². The molecule has 1 aromatic heterocycles. The van der Waals surface area contributed by atoms with Crippen molar-refractivity contribution in [3.8, 4) is 11.1 Å². The van der Waals surface area contributed by atoms with Gasteiger partial charge in [0.25, 0.3) is 11.5 Å². The average molecular weight is 405 g/mol. The molecule has 0 radical (unpaired) electrons. The summed E-state index contributed by atoms with van der Waals surface area (Å²) >= 11 is 5.99. The van der Waals surface area contributed by atoms with Crippen molar-refractivity contribution >= 4 is 17.5 Å². The Morgan fingerprint density at radius 2 is 1.66 bits per heavy atom. The maximum atomic E-state index is 13.2. The lowest BCUT2D eigenvalue weighted by Gasteiger charge is -2.43. The van der Waals surface area contributed by atoms with Gasteiger partial charge >= 0.3 is 0 Å². The number of piperidine rings is 1. The van der Waals surface area contributed by atoms with E-state index in [1.54, 1.807) is 0 Å². The summed E-state index contributed by atoms with van der Waals surface area (Å²) in [5, 5.41) is 0.657. The maximum absolute atomic E-state index is 13.2. The number of halogens is 1. The van der Waals surface area contributed by atoms with Gasteiger partial charge in [-0.25, -0.2) is 0 Å². The second-order valence-electron chi connectivity index (χ2n) is 7.97. The van der Waals surface area contributed by atoms with Gasteiger partial charge in [0.05, 0.1) is 0 Å². The van der Waals surface area contributed by atoms with E-state index in [0.717, 1.165) is 23.2 Å². The third-order valence-electron chi connectivity index (χ3n) is 6.07. The average Bonchev–Trinajstić information content (AvgIpc) is 2.75. The minimum absolute atomic E-state index is 0.0439. The standard InChI is InChI=1S/C24H21ClN2O2/c25-20-8-6-17(7-9-20)21-10-11-22-19-12-16(14-27(22)24(21)29)13-26(15-19)23(28)18-4-2-1-3-5-18/h1-11,16,19H,12-15H2/t16-,19-/m1/s1. The Labute approximate surface area is 174 Å². The van der Waals surface area contributed by atoms with Gasteiger partial charge in [0.15, 0.2) is 0 Å². The number of nitrogens with zero attached hydrogens (tertiary/aromatic N) is 2. The van der Waals surface area contributed by atoms with Gasteiger partial charge in [0.2, 0.25) is 0 Å². The van der Waals surface area contributed by atoms with Crippen molar-refractivity contribution in [3.05, 3.63) is 93.4 Å². The van der Waals surface area contributed by atoms with Crippen molar-refractivity contribution in [3.63, 3.8) is 0 Å². The number of hydrogen-bond acceptors (Lipinski definition) is 2. The second-order valence-corrected chi connectivity index (χ2v) is 8.41. The molecule has 2 atom stereocenters. The summed E-state index contributed by atoms with van der Waals surface area (Å²) in [5.41, 5.74) is 3.38. The number of hydrogen-bond donors (Lipinski definition) is 0. The Morgan fingerprint density at radius 1 is 0.897 bits per heavy atom. The fraction of sp³-hybridized carbons (Fsp3) is 0.250. The van der Waals surface area contributed by atoms with Crippen LogP contribution in [-0.2, 0) is 6.54 Å². The smallest absolute Gasteiger partial charge is 0.258 e. The van der Waals surface area contributed by atoms with Crippen LogP contribution in [0.3, 0.4) is 0 Å². The van der Waals surface area contributed by atoms with E-state index in [1.165, 1.54) is 0 Å². The summed E-state index contributed by atoms with van der Waals surface area (Å²) in [6, 6.07) is 20.8. The molecule has 5 rings (SSSR count). The highest BCUT2D eigenvalue weighted by Gasteiger charge is 2.36. The Morgan fingerprint density at radius 3 is 2.41 bits per heavy atom. The molecular weight excluding hydrogens is 384 g/mol. The van der Waals surface area contributed by atoms with Crippen LogP contribution >= 0.6 is 11.6 Å². The Kier molecular flexibility index (Phi) is 4.51. The van der Waals surface area contributed by atoms with Gasteiger partial charge in [0, 0.05) is 47.4 Å². The molecule has 1 fully saturated rings. The van der Waals surface area contributed by atoms with Crippen molar-refractivity contribution in [2.75, 3.05) is 13.1 Å². The number of pyridine rings is 1. The highest BCUT2D eigenvalue weighted by Crippen LogP contribution is 2.36. The van der Waals surface area contributed by atoms with Crippen molar-refractivity contribution in [1.29, 1.82) is 0 Å². The lowest BCUT2D eigenvalue weighted by atomic mass is 9.82. The maximum Gasteiger partial charge on any atom is 0.258 e. The number of carbonyl (C=O) groups excluding carboxylic acids is 1. The highest BCUT2D eigenvalue weighted by atomic mass is 35.5. The largest absolute Gasteiger partial charge is 0.338 e. The van der Waals surface area contributed by atoms with Gasteiger partial charge in [-0.2, -0.15) is 0 Å². The molecule has 2 aliphatic rings. The molecule has 2 bridgehead atoms. The van der Waals surface area contributed by atoms with Gasteiger partial charge in [-0.3, -0.25) is 9.59 Å². The van der Waals surface area contributed by atoms with Crippen molar-refractivity contribution < 1.29 is 4.79 Å². The third kappa shape index (κ3) is 3.28. The van der Waals surface area contributed by atoms with Gasteiger partial charge in [-0.15, -0.1) is 0 Å². The molecule has 2 aromatic carbocycles. The number of aromatic nitrogens is 1. The Balaban J connectivity index is 1.46. The topological polar surface area (TPSA) is 42.3 Å². The molecule has 5 heteroatoms. The number of amides is 1. The molecule has 4 nitrogen and oxygen atoms in total. The third-order valence-corrected chi connectivity index (χ3v) is 6.32. The van der Waals surface area contributed by atoms with Gasteiger partial charge in [-0.1, -0.05) is 41.9 Å². The minimum atomic E-state index is 0.0439. The molecule has 3 aromatic rings. The van der Waals surface area contributed by atoms with Crippen molar-refractivity contribution in [1.82, 2.24) is 9.47 Å². The first-order valence-electron chi connectivity index (χ1n) is 9.94. The molecule has 0 aliphatic carbocycles. The first-order chi connectivity index (χ1) is 14.1. The van der Waals surface area contributed by atoms with Crippen LogP contribution in [0.15, 0.2) is 71.5 Å². The number of likely N-dealkylation sites (tertiary alicyclic amines) is 1. The van der Waals surface area contributed by atoms with E-state index < -0.39 is 0 Å². The lowest BCUT2D eigenvalue weighted by Crippen LogP contribution is -2.49. The monoisotopic (exact) mass is 404 g/mol. The van der Waals surface area contributed by atoms with E-state index in [4.69, 9.17) is 11.6 Å². The van der Waals surface area contributed by atoms with Crippen LogP contribution in [0.2, 0.25) is 5.02 Å². The normalized spacial score (nSPS) is 20.2. The molecule has 0 unspecified atom stereocenters. The van der Waals surface area contributed by atoms with Crippen LogP contribution in [0.25, 0.3) is 11.1 Å². The van der Waals surface area contributed by atoms with Crippen LogP contribution in [0.4, 0.5) is 0 Å². The molecule has 29 heavy (non-hydrogen) atoms. The highest BCUT2D eigenvalue weighted by molar-refractivity contribution is 6.30. The van der Waals surface area contributed by atoms with Crippen LogP contribution in [0.1, 0.15) is 28.4 Å². The molecule has 0 N–H and O–H groups in total. The fourth-order valence-corrected chi connectivity index (χ4v) is 4.85. The first-order valence-corrected chi connectivity index (χ1v) is 10.3.